The molecule has 1 aliphatic heterocycles. The lowest BCUT2D eigenvalue weighted by Gasteiger charge is -2.24. The maximum atomic E-state index is 11.5. The minimum absolute atomic E-state index is 0.0298. The molecule has 2 N–H and O–H groups in total. The molecule has 1 aromatic carbocycles. The topological polar surface area (TPSA) is 97.9 Å². The van der Waals surface area contributed by atoms with Crippen molar-refractivity contribution in [2.75, 3.05) is 12.4 Å². The van der Waals surface area contributed by atoms with Crippen LogP contribution in [0, 0.1) is 10.1 Å². The van der Waals surface area contributed by atoms with Crippen LogP contribution >= 0.6 is 11.6 Å². The second-order valence-corrected chi connectivity index (χ2v) is 4.80. The minimum atomic E-state index is -0.642. The smallest absolute Gasteiger partial charge is 0.314 e. The molecule has 1 aromatic heterocycles. The van der Waals surface area contributed by atoms with E-state index in [-0.39, 0.29) is 11.5 Å². The zero-order valence-corrected chi connectivity index (χ0v) is 11.7. The number of anilines is 1. The molecule has 1 unspecified atom stereocenters. The third-order valence-electron chi connectivity index (χ3n) is 3.19. The average Bonchev–Trinajstić information content (AvgIpc) is 2.94. The Bertz CT molecular complexity index is 724. The zero-order valence-electron chi connectivity index (χ0n) is 10.9. The van der Waals surface area contributed by atoms with E-state index < -0.39 is 11.0 Å². The first kappa shape index (κ1) is 13.4. The fraction of sp³-hybridized carbons (Fsp3) is 0.167. The average molecular weight is 307 g/mol. The predicted octanol–water partition coefficient (Wildman–Crippen LogP) is 1.72. The van der Waals surface area contributed by atoms with Crippen LogP contribution in [0.25, 0.3) is 5.82 Å². The Labute approximate surface area is 124 Å². The van der Waals surface area contributed by atoms with Crippen LogP contribution in [0.3, 0.4) is 0 Å². The van der Waals surface area contributed by atoms with E-state index in [1.807, 2.05) is 0 Å². The van der Waals surface area contributed by atoms with Crippen LogP contribution in [0.4, 0.5) is 5.95 Å². The van der Waals surface area contributed by atoms with Crippen LogP contribution in [0.1, 0.15) is 11.6 Å². The van der Waals surface area contributed by atoms with Crippen LogP contribution in [0.2, 0.25) is 5.02 Å². The van der Waals surface area contributed by atoms with Crippen LogP contribution in [0.5, 0.6) is 0 Å². The van der Waals surface area contributed by atoms with Gasteiger partial charge in [0.1, 0.15) is 12.4 Å². The van der Waals surface area contributed by atoms with Gasteiger partial charge in [-0.2, -0.15) is 14.8 Å². The van der Waals surface area contributed by atoms with E-state index in [2.05, 4.69) is 20.7 Å². The fourth-order valence-corrected chi connectivity index (χ4v) is 2.39. The zero-order chi connectivity index (χ0) is 15.0. The summed E-state index contributed by atoms with van der Waals surface area (Å²) in [6.07, 6.45) is 1.33. The van der Waals surface area contributed by atoms with Gasteiger partial charge in [-0.05, 0) is 17.7 Å². The van der Waals surface area contributed by atoms with Crippen LogP contribution < -0.4 is 10.6 Å². The second-order valence-electron chi connectivity index (χ2n) is 4.37. The third-order valence-corrected chi connectivity index (χ3v) is 3.44. The van der Waals surface area contributed by atoms with Crippen molar-refractivity contribution in [3.05, 3.63) is 57.0 Å². The monoisotopic (exact) mass is 306 g/mol. The summed E-state index contributed by atoms with van der Waals surface area (Å²) >= 11 is 5.86. The second kappa shape index (κ2) is 5.06. The number of aromatic nitrogens is 3. The molecule has 8 nitrogen and oxygen atoms in total. The molecule has 0 fully saturated rings. The first-order valence-corrected chi connectivity index (χ1v) is 6.48. The lowest BCUT2D eigenvalue weighted by atomic mass is 10.0. The summed E-state index contributed by atoms with van der Waals surface area (Å²) in [6.45, 7) is 0. The molecular weight excluding hydrogens is 296 g/mol. The Morgan fingerprint density at radius 2 is 2.14 bits per heavy atom. The summed E-state index contributed by atoms with van der Waals surface area (Å²) in [4.78, 5) is 15.1. The van der Waals surface area contributed by atoms with Gasteiger partial charge in [-0.25, -0.2) is 0 Å². The largest absolute Gasteiger partial charge is 0.367 e. The van der Waals surface area contributed by atoms with Crippen molar-refractivity contribution in [1.82, 2.24) is 20.1 Å². The quantitative estimate of drug-likeness (QED) is 0.662. The molecule has 0 radical (unpaired) electrons. The molecule has 3 rings (SSSR count). The van der Waals surface area contributed by atoms with Crippen LogP contribution in [-0.2, 0) is 0 Å². The predicted molar refractivity (Wildman–Crippen MR) is 77.1 cm³/mol. The number of fused-ring (bicyclic) bond motifs is 1. The van der Waals surface area contributed by atoms with E-state index >= 15 is 0 Å². The number of halogens is 1. The van der Waals surface area contributed by atoms with Gasteiger partial charge in [0.05, 0.1) is 4.92 Å². The highest BCUT2D eigenvalue weighted by Crippen LogP contribution is 2.34. The number of nitrogens with one attached hydrogen (secondary N) is 2. The van der Waals surface area contributed by atoms with Gasteiger partial charge >= 0.3 is 5.70 Å². The van der Waals surface area contributed by atoms with Gasteiger partial charge in [-0.1, -0.05) is 23.7 Å². The summed E-state index contributed by atoms with van der Waals surface area (Å²) in [6, 6.07) is 6.21. The van der Waals surface area contributed by atoms with Crippen molar-refractivity contribution >= 4 is 23.4 Å². The fourth-order valence-electron chi connectivity index (χ4n) is 2.27. The molecule has 1 atom stereocenters. The number of rotatable bonds is 3. The molecule has 0 aliphatic carbocycles. The molecule has 21 heavy (non-hydrogen) atoms. The van der Waals surface area contributed by atoms with Crippen molar-refractivity contribution in [3.63, 3.8) is 0 Å². The Kier molecular flexibility index (Phi) is 3.22. The Hall–Kier alpha value is -2.61. The molecule has 108 valence electrons. The van der Waals surface area contributed by atoms with Crippen molar-refractivity contribution < 1.29 is 4.92 Å². The van der Waals surface area contributed by atoms with Gasteiger partial charge < -0.3 is 10.6 Å². The molecule has 0 amide bonds. The molecule has 2 heterocycles. The molecule has 0 spiro atoms. The number of hydrogen-bond acceptors (Lipinski definition) is 6. The normalized spacial score (nSPS) is 17.1. The van der Waals surface area contributed by atoms with E-state index in [0.29, 0.717) is 16.5 Å². The summed E-state index contributed by atoms with van der Waals surface area (Å²) in [5.74, 6) is 0.719. The van der Waals surface area contributed by atoms with Gasteiger partial charge in [-0.15, -0.1) is 0 Å². The number of benzene rings is 1. The third kappa shape index (κ3) is 2.19. The lowest BCUT2D eigenvalue weighted by Crippen LogP contribution is -2.32. The van der Waals surface area contributed by atoms with E-state index in [4.69, 9.17) is 11.6 Å². The highest BCUT2D eigenvalue weighted by atomic mass is 35.5. The molecule has 9 heteroatoms. The maximum absolute atomic E-state index is 11.5. The Morgan fingerprint density at radius 3 is 2.76 bits per heavy atom. The van der Waals surface area contributed by atoms with Crippen molar-refractivity contribution in [1.29, 1.82) is 0 Å². The first-order valence-electron chi connectivity index (χ1n) is 6.10. The lowest BCUT2D eigenvalue weighted by molar-refractivity contribution is -0.429. The maximum Gasteiger partial charge on any atom is 0.314 e. The van der Waals surface area contributed by atoms with Crippen LogP contribution in [0.15, 0.2) is 36.3 Å². The minimum Gasteiger partial charge on any atom is -0.367 e. The van der Waals surface area contributed by atoms with Gasteiger partial charge in [0.15, 0.2) is 0 Å². The molecule has 1 aliphatic rings. The van der Waals surface area contributed by atoms with E-state index in [9.17, 15) is 10.1 Å². The molecule has 0 bridgehead atoms. The molecule has 2 aromatic rings. The van der Waals surface area contributed by atoms with Crippen molar-refractivity contribution in [3.8, 4) is 0 Å². The number of nitrogens with zero attached hydrogens (tertiary/aromatic N) is 4. The highest BCUT2D eigenvalue weighted by molar-refractivity contribution is 6.30. The SMILES string of the molecule is CNC1=C([N+](=O)[O-])C(c2ccc(Cl)cc2)Nc2ncnn21. The van der Waals surface area contributed by atoms with E-state index in [1.54, 1.807) is 31.3 Å². The summed E-state index contributed by atoms with van der Waals surface area (Å²) < 4.78 is 1.37. The van der Waals surface area contributed by atoms with E-state index in [0.717, 1.165) is 0 Å². The summed E-state index contributed by atoms with van der Waals surface area (Å²) in [5.41, 5.74) is 0.686. The molecule has 0 saturated heterocycles. The Balaban J connectivity index is 2.16. The van der Waals surface area contributed by atoms with Gasteiger partial charge in [0.2, 0.25) is 11.8 Å². The first-order chi connectivity index (χ1) is 10.1. The summed E-state index contributed by atoms with van der Waals surface area (Å²) in [7, 11) is 1.61. The van der Waals surface area contributed by atoms with Gasteiger partial charge in [-0.3, -0.25) is 10.1 Å². The van der Waals surface area contributed by atoms with Crippen LogP contribution in [-0.4, -0.2) is 26.7 Å². The van der Waals surface area contributed by atoms with E-state index in [1.165, 1.54) is 11.0 Å². The van der Waals surface area contributed by atoms with Crippen molar-refractivity contribution in [2.45, 2.75) is 6.04 Å². The summed E-state index contributed by atoms with van der Waals surface area (Å²) in [5, 5.41) is 21.9. The molecular formula is C12H11ClN6O2. The van der Waals surface area contributed by atoms with Gasteiger partial charge in [0.25, 0.3) is 0 Å². The molecule has 0 saturated carbocycles. The van der Waals surface area contributed by atoms with Crippen molar-refractivity contribution in [2.24, 2.45) is 0 Å². The highest BCUT2D eigenvalue weighted by Gasteiger charge is 2.37. The Morgan fingerprint density at radius 1 is 1.43 bits per heavy atom. The number of hydrogen-bond donors (Lipinski definition) is 2. The van der Waals surface area contributed by atoms with Gasteiger partial charge in [0, 0.05) is 12.1 Å². The standard InChI is InChI=1S/C12H11ClN6O2/c1-14-11-10(19(20)21)9(7-2-4-8(13)5-3-7)17-12-15-6-16-18(11)12/h2-6,9,14H,1H3,(H,15,16,17). The number of nitro groups is 1.